The first kappa shape index (κ1) is 15.7. The molecule has 0 spiro atoms. The molecule has 0 aromatic heterocycles. The third-order valence-electron chi connectivity index (χ3n) is 2.82. The van der Waals surface area contributed by atoms with Crippen LogP contribution in [0.15, 0.2) is 42.0 Å². The fraction of sp³-hybridized carbons (Fsp3) is 0.429. The molecule has 1 unspecified atom stereocenters. The van der Waals surface area contributed by atoms with Gasteiger partial charge in [-0.1, -0.05) is 18.7 Å². The van der Waals surface area contributed by atoms with Crippen LogP contribution in [0.5, 0.6) is 0 Å². The van der Waals surface area contributed by atoms with Crippen molar-refractivity contribution in [2.75, 3.05) is 19.4 Å². The quantitative estimate of drug-likeness (QED) is 0.587. The highest BCUT2D eigenvalue weighted by Gasteiger charge is 2.08. The Morgan fingerprint density at radius 3 is 2.53 bits per heavy atom. The van der Waals surface area contributed by atoms with Gasteiger partial charge in [0.15, 0.2) is 9.84 Å². The van der Waals surface area contributed by atoms with E-state index in [1.165, 1.54) is 12.5 Å². The molecule has 0 aliphatic heterocycles. The predicted octanol–water partition coefficient (Wildman–Crippen LogP) is 2.29. The molecule has 4 nitrogen and oxygen atoms in total. The molecule has 0 aliphatic carbocycles. The van der Waals surface area contributed by atoms with Crippen LogP contribution in [0.2, 0.25) is 0 Å². The summed E-state index contributed by atoms with van der Waals surface area (Å²) in [5.41, 5.74) is 1.07. The van der Waals surface area contributed by atoms with Gasteiger partial charge in [-0.25, -0.2) is 8.42 Å². The molecule has 106 valence electrons. The van der Waals surface area contributed by atoms with Crippen molar-refractivity contribution in [1.82, 2.24) is 5.32 Å². The molecule has 5 heteroatoms. The molecule has 0 aliphatic rings. The van der Waals surface area contributed by atoms with E-state index in [4.69, 9.17) is 4.74 Å². The van der Waals surface area contributed by atoms with Crippen LogP contribution >= 0.6 is 0 Å². The molecule has 0 saturated heterocycles. The van der Waals surface area contributed by atoms with Crippen LogP contribution in [-0.4, -0.2) is 27.8 Å². The van der Waals surface area contributed by atoms with Crippen LogP contribution in [-0.2, 0) is 14.6 Å². The summed E-state index contributed by atoms with van der Waals surface area (Å²) in [5, 5.41) is 3.35. The van der Waals surface area contributed by atoms with Gasteiger partial charge >= 0.3 is 0 Å². The standard InChI is InChI=1S/C14H21NO3S/c1-4-18-11-5-10-15-12(2)13-6-8-14(9-7-13)19(3,16)17/h4,6-9,12,15H,1,5,10-11H2,2-3H3. The Morgan fingerprint density at radius 2 is 2.00 bits per heavy atom. The first-order valence-electron chi connectivity index (χ1n) is 6.21. The van der Waals surface area contributed by atoms with E-state index in [-0.39, 0.29) is 6.04 Å². The number of rotatable bonds is 8. The highest BCUT2D eigenvalue weighted by Crippen LogP contribution is 2.16. The third kappa shape index (κ3) is 5.44. The average molecular weight is 283 g/mol. The van der Waals surface area contributed by atoms with E-state index in [0.717, 1.165) is 18.5 Å². The molecule has 0 bridgehead atoms. The highest BCUT2D eigenvalue weighted by molar-refractivity contribution is 7.90. The molecule has 19 heavy (non-hydrogen) atoms. The number of hydrogen-bond acceptors (Lipinski definition) is 4. The van der Waals surface area contributed by atoms with Gasteiger partial charge in [0.2, 0.25) is 0 Å². The van der Waals surface area contributed by atoms with Crippen LogP contribution in [0.3, 0.4) is 0 Å². The minimum Gasteiger partial charge on any atom is -0.502 e. The Labute approximate surface area is 115 Å². The molecule has 0 radical (unpaired) electrons. The Hall–Kier alpha value is -1.33. The predicted molar refractivity (Wildman–Crippen MR) is 76.7 cm³/mol. The second kappa shape index (κ2) is 7.31. The van der Waals surface area contributed by atoms with Gasteiger partial charge in [-0.3, -0.25) is 0 Å². The summed E-state index contributed by atoms with van der Waals surface area (Å²) in [6, 6.07) is 7.15. The van der Waals surface area contributed by atoms with Crippen molar-refractivity contribution in [2.24, 2.45) is 0 Å². The summed E-state index contributed by atoms with van der Waals surface area (Å²) < 4.78 is 27.7. The largest absolute Gasteiger partial charge is 0.502 e. The molecule has 0 saturated carbocycles. The molecule has 1 rings (SSSR count). The summed E-state index contributed by atoms with van der Waals surface area (Å²) in [5.74, 6) is 0. The van der Waals surface area contributed by atoms with Crippen LogP contribution in [0.25, 0.3) is 0 Å². The van der Waals surface area contributed by atoms with Gasteiger partial charge in [0.25, 0.3) is 0 Å². The minimum absolute atomic E-state index is 0.178. The van der Waals surface area contributed by atoms with Crippen molar-refractivity contribution in [1.29, 1.82) is 0 Å². The molecule has 1 atom stereocenters. The molecular formula is C14H21NO3S. The Balaban J connectivity index is 2.49. The number of hydrogen-bond donors (Lipinski definition) is 1. The average Bonchev–Trinajstić information content (AvgIpc) is 2.37. The smallest absolute Gasteiger partial charge is 0.175 e. The molecular weight excluding hydrogens is 262 g/mol. The number of benzene rings is 1. The first-order chi connectivity index (χ1) is 8.95. The van der Waals surface area contributed by atoms with Crippen LogP contribution in [0.1, 0.15) is 24.9 Å². The van der Waals surface area contributed by atoms with E-state index >= 15 is 0 Å². The van der Waals surface area contributed by atoms with Crippen molar-refractivity contribution < 1.29 is 13.2 Å². The lowest BCUT2D eigenvalue weighted by atomic mass is 10.1. The minimum atomic E-state index is -3.12. The zero-order valence-corrected chi connectivity index (χ0v) is 12.2. The zero-order chi connectivity index (χ0) is 14.3. The molecule has 1 aromatic rings. The van der Waals surface area contributed by atoms with Crippen molar-refractivity contribution in [3.8, 4) is 0 Å². The Bertz CT molecular complexity index is 494. The summed E-state index contributed by atoms with van der Waals surface area (Å²) in [6.45, 7) is 7.01. The fourth-order valence-corrected chi connectivity index (χ4v) is 2.31. The summed E-state index contributed by atoms with van der Waals surface area (Å²) in [7, 11) is -3.12. The topological polar surface area (TPSA) is 55.4 Å². The van der Waals surface area contributed by atoms with Crippen molar-refractivity contribution in [3.63, 3.8) is 0 Å². The van der Waals surface area contributed by atoms with Crippen LogP contribution in [0.4, 0.5) is 0 Å². The number of ether oxygens (including phenoxy) is 1. The maximum absolute atomic E-state index is 11.3. The van der Waals surface area contributed by atoms with Crippen molar-refractivity contribution >= 4 is 9.84 Å². The lowest BCUT2D eigenvalue weighted by Crippen LogP contribution is -2.20. The summed E-state index contributed by atoms with van der Waals surface area (Å²) in [6.07, 6.45) is 3.55. The maximum Gasteiger partial charge on any atom is 0.175 e. The van der Waals surface area contributed by atoms with Gasteiger partial charge in [-0.05, 0) is 37.6 Å². The molecule has 0 heterocycles. The Kier molecular flexibility index (Phi) is 6.05. The monoisotopic (exact) mass is 283 g/mol. The second-order valence-corrected chi connectivity index (χ2v) is 6.42. The molecule has 1 N–H and O–H groups in total. The van der Waals surface area contributed by atoms with E-state index in [1.807, 2.05) is 19.1 Å². The second-order valence-electron chi connectivity index (χ2n) is 4.41. The zero-order valence-electron chi connectivity index (χ0n) is 11.4. The lowest BCUT2D eigenvalue weighted by Gasteiger charge is -2.14. The Morgan fingerprint density at radius 1 is 1.37 bits per heavy atom. The number of nitrogens with one attached hydrogen (secondary N) is 1. The van der Waals surface area contributed by atoms with Gasteiger partial charge in [-0.15, -0.1) is 0 Å². The SMILES string of the molecule is C=COCCCNC(C)c1ccc(S(C)(=O)=O)cc1. The van der Waals surface area contributed by atoms with Gasteiger partial charge in [0.1, 0.15) is 0 Å². The molecule has 0 fully saturated rings. The normalized spacial score (nSPS) is 12.9. The van der Waals surface area contributed by atoms with Gasteiger partial charge in [0, 0.05) is 12.3 Å². The van der Waals surface area contributed by atoms with E-state index in [2.05, 4.69) is 11.9 Å². The first-order valence-corrected chi connectivity index (χ1v) is 8.10. The van der Waals surface area contributed by atoms with Crippen molar-refractivity contribution in [3.05, 3.63) is 42.7 Å². The van der Waals surface area contributed by atoms with E-state index in [9.17, 15) is 8.42 Å². The summed E-state index contributed by atoms with van der Waals surface area (Å²) in [4.78, 5) is 0.350. The fourth-order valence-electron chi connectivity index (χ4n) is 1.68. The van der Waals surface area contributed by atoms with Gasteiger partial charge < -0.3 is 10.1 Å². The highest BCUT2D eigenvalue weighted by atomic mass is 32.2. The van der Waals surface area contributed by atoms with Crippen LogP contribution in [0, 0.1) is 0 Å². The maximum atomic E-state index is 11.3. The van der Waals surface area contributed by atoms with Crippen molar-refractivity contribution in [2.45, 2.75) is 24.3 Å². The van der Waals surface area contributed by atoms with E-state index < -0.39 is 9.84 Å². The number of sulfone groups is 1. The lowest BCUT2D eigenvalue weighted by molar-refractivity contribution is 0.243. The third-order valence-corrected chi connectivity index (χ3v) is 3.94. The molecule has 1 aromatic carbocycles. The van der Waals surface area contributed by atoms with Crippen LogP contribution < -0.4 is 5.32 Å². The summed E-state index contributed by atoms with van der Waals surface area (Å²) >= 11 is 0. The molecule has 0 amide bonds. The van der Waals surface area contributed by atoms with Gasteiger partial charge in [-0.2, -0.15) is 0 Å². The van der Waals surface area contributed by atoms with E-state index in [0.29, 0.717) is 11.5 Å². The van der Waals surface area contributed by atoms with Gasteiger partial charge in [0.05, 0.1) is 17.8 Å². The van der Waals surface area contributed by atoms with E-state index in [1.54, 1.807) is 12.1 Å².